The van der Waals surface area contributed by atoms with Crippen LogP contribution in [-0.2, 0) is 19.4 Å². The standard InChI is InChI=1S/C15H19N3O2/c1-10-15(18-20-17-10)9-16-13-5-3-12-8-14(19-2)6-4-11(12)7-13/h4,6,8,13,16H,3,5,7,9H2,1-2H3/t13-/m0/s1. The van der Waals surface area contributed by atoms with E-state index in [9.17, 15) is 0 Å². The highest BCUT2D eigenvalue weighted by Gasteiger charge is 2.19. The molecule has 0 unspecified atom stereocenters. The number of nitrogens with zero attached hydrogens (tertiary/aromatic N) is 2. The minimum atomic E-state index is 0.479. The minimum Gasteiger partial charge on any atom is -0.497 e. The molecule has 1 aliphatic rings. The van der Waals surface area contributed by atoms with E-state index >= 15 is 0 Å². The van der Waals surface area contributed by atoms with Crippen molar-refractivity contribution < 1.29 is 9.37 Å². The maximum Gasteiger partial charge on any atom is 0.121 e. The largest absolute Gasteiger partial charge is 0.497 e. The molecule has 0 fully saturated rings. The zero-order valence-corrected chi connectivity index (χ0v) is 11.8. The highest BCUT2D eigenvalue weighted by molar-refractivity contribution is 5.37. The van der Waals surface area contributed by atoms with Crippen molar-refractivity contribution in [2.45, 2.75) is 38.8 Å². The first-order valence-electron chi connectivity index (χ1n) is 6.93. The van der Waals surface area contributed by atoms with E-state index in [0.29, 0.717) is 12.6 Å². The van der Waals surface area contributed by atoms with Crippen LogP contribution >= 0.6 is 0 Å². The van der Waals surface area contributed by atoms with Crippen LogP contribution in [0.15, 0.2) is 22.8 Å². The van der Waals surface area contributed by atoms with E-state index in [-0.39, 0.29) is 0 Å². The number of aromatic nitrogens is 2. The molecule has 0 radical (unpaired) electrons. The summed E-state index contributed by atoms with van der Waals surface area (Å²) in [5, 5.41) is 11.2. The molecule has 1 N–H and O–H groups in total. The molecule has 0 bridgehead atoms. The molecule has 0 spiro atoms. The summed E-state index contributed by atoms with van der Waals surface area (Å²) in [4.78, 5) is 0. The van der Waals surface area contributed by atoms with Gasteiger partial charge in [-0.15, -0.1) is 0 Å². The maximum absolute atomic E-state index is 5.28. The van der Waals surface area contributed by atoms with Gasteiger partial charge in [0.2, 0.25) is 0 Å². The van der Waals surface area contributed by atoms with E-state index in [4.69, 9.17) is 9.37 Å². The van der Waals surface area contributed by atoms with E-state index in [1.807, 2.05) is 13.0 Å². The van der Waals surface area contributed by atoms with Gasteiger partial charge in [0.25, 0.3) is 0 Å². The Morgan fingerprint density at radius 2 is 2.25 bits per heavy atom. The third-order valence-corrected chi connectivity index (χ3v) is 3.95. The Hall–Kier alpha value is -1.88. The van der Waals surface area contributed by atoms with Crippen LogP contribution in [-0.4, -0.2) is 23.5 Å². The first kappa shape index (κ1) is 13.1. The van der Waals surface area contributed by atoms with Crippen LogP contribution < -0.4 is 10.1 Å². The van der Waals surface area contributed by atoms with E-state index in [1.165, 1.54) is 11.1 Å². The fraction of sp³-hybridized carbons (Fsp3) is 0.467. The summed E-state index contributed by atoms with van der Waals surface area (Å²) in [6.45, 7) is 2.63. The summed E-state index contributed by atoms with van der Waals surface area (Å²) < 4.78 is 9.99. The third kappa shape index (κ3) is 2.67. The number of fused-ring (bicyclic) bond motifs is 1. The molecule has 1 atom stereocenters. The van der Waals surface area contributed by atoms with Crippen molar-refractivity contribution in [3.05, 3.63) is 40.7 Å². The van der Waals surface area contributed by atoms with E-state index in [1.54, 1.807) is 7.11 Å². The monoisotopic (exact) mass is 273 g/mol. The van der Waals surface area contributed by atoms with Crippen molar-refractivity contribution in [2.24, 2.45) is 0 Å². The first-order valence-corrected chi connectivity index (χ1v) is 6.93. The van der Waals surface area contributed by atoms with Gasteiger partial charge in [0.1, 0.15) is 17.1 Å². The number of rotatable bonds is 4. The maximum atomic E-state index is 5.28. The Bertz CT molecular complexity index is 595. The topological polar surface area (TPSA) is 60.2 Å². The third-order valence-electron chi connectivity index (χ3n) is 3.95. The minimum absolute atomic E-state index is 0.479. The average Bonchev–Trinajstić information content (AvgIpc) is 2.89. The summed E-state index contributed by atoms with van der Waals surface area (Å²) in [6, 6.07) is 6.83. The Kier molecular flexibility index (Phi) is 3.69. The zero-order chi connectivity index (χ0) is 13.9. The van der Waals surface area contributed by atoms with Gasteiger partial charge in [0.05, 0.1) is 7.11 Å². The van der Waals surface area contributed by atoms with Crippen LogP contribution in [0.4, 0.5) is 0 Å². The number of aryl methyl sites for hydroxylation is 2. The first-order chi connectivity index (χ1) is 9.76. The van der Waals surface area contributed by atoms with Crippen molar-refractivity contribution in [3.8, 4) is 5.75 Å². The number of methoxy groups -OCH3 is 1. The quantitative estimate of drug-likeness (QED) is 0.923. The number of hydrogen-bond acceptors (Lipinski definition) is 5. The molecule has 1 aliphatic carbocycles. The molecule has 0 aliphatic heterocycles. The van der Waals surface area contributed by atoms with Gasteiger partial charge < -0.3 is 10.1 Å². The number of benzene rings is 1. The second kappa shape index (κ2) is 5.63. The lowest BCUT2D eigenvalue weighted by molar-refractivity contribution is 0.299. The number of hydrogen-bond donors (Lipinski definition) is 1. The molecule has 1 aromatic carbocycles. The van der Waals surface area contributed by atoms with Crippen LogP contribution in [0.5, 0.6) is 5.75 Å². The molecule has 1 heterocycles. The summed E-state index contributed by atoms with van der Waals surface area (Å²) in [5.74, 6) is 0.944. The van der Waals surface area contributed by atoms with Crippen LogP contribution in [0, 0.1) is 6.92 Å². The second-order valence-electron chi connectivity index (χ2n) is 5.25. The van der Waals surface area contributed by atoms with Crippen LogP contribution in [0.1, 0.15) is 28.9 Å². The average molecular weight is 273 g/mol. The highest BCUT2D eigenvalue weighted by Crippen LogP contribution is 2.25. The summed E-state index contributed by atoms with van der Waals surface area (Å²) in [6.07, 6.45) is 3.26. The summed E-state index contributed by atoms with van der Waals surface area (Å²) >= 11 is 0. The Balaban J connectivity index is 1.62. The zero-order valence-electron chi connectivity index (χ0n) is 11.8. The van der Waals surface area contributed by atoms with Gasteiger partial charge in [-0.1, -0.05) is 16.4 Å². The van der Waals surface area contributed by atoms with Crippen LogP contribution in [0.2, 0.25) is 0 Å². The Morgan fingerprint density at radius 3 is 3.00 bits per heavy atom. The van der Waals surface area contributed by atoms with Gasteiger partial charge >= 0.3 is 0 Å². The molecule has 5 heteroatoms. The van der Waals surface area contributed by atoms with Gasteiger partial charge in [-0.25, -0.2) is 4.63 Å². The normalized spacial score (nSPS) is 17.8. The van der Waals surface area contributed by atoms with Crippen molar-refractivity contribution in [3.63, 3.8) is 0 Å². The molecule has 3 rings (SSSR count). The van der Waals surface area contributed by atoms with Crippen molar-refractivity contribution in [1.29, 1.82) is 0 Å². The second-order valence-corrected chi connectivity index (χ2v) is 5.25. The van der Waals surface area contributed by atoms with Gasteiger partial charge in [-0.05, 0) is 49.4 Å². The predicted octanol–water partition coefficient (Wildman–Crippen LogP) is 2.03. The van der Waals surface area contributed by atoms with E-state index < -0.39 is 0 Å². The lowest BCUT2D eigenvalue weighted by Gasteiger charge is -2.25. The molecule has 1 aromatic heterocycles. The van der Waals surface area contributed by atoms with Gasteiger partial charge in [-0.2, -0.15) is 0 Å². The molecule has 0 saturated carbocycles. The predicted molar refractivity (Wildman–Crippen MR) is 74.7 cm³/mol. The molecule has 5 nitrogen and oxygen atoms in total. The van der Waals surface area contributed by atoms with Crippen molar-refractivity contribution >= 4 is 0 Å². The molecule has 20 heavy (non-hydrogen) atoms. The molecule has 106 valence electrons. The van der Waals surface area contributed by atoms with Gasteiger partial charge in [0.15, 0.2) is 0 Å². The summed E-state index contributed by atoms with van der Waals surface area (Å²) in [5.41, 5.74) is 4.57. The van der Waals surface area contributed by atoms with Crippen molar-refractivity contribution in [1.82, 2.24) is 15.6 Å². The van der Waals surface area contributed by atoms with Crippen molar-refractivity contribution in [2.75, 3.05) is 7.11 Å². The van der Waals surface area contributed by atoms with Crippen LogP contribution in [0.3, 0.4) is 0 Å². The Morgan fingerprint density at radius 1 is 1.35 bits per heavy atom. The molecule has 0 saturated heterocycles. The lowest BCUT2D eigenvalue weighted by atomic mass is 9.88. The molecule has 2 aromatic rings. The van der Waals surface area contributed by atoms with Gasteiger partial charge in [-0.3, -0.25) is 0 Å². The fourth-order valence-corrected chi connectivity index (χ4v) is 2.68. The SMILES string of the molecule is COc1ccc2c(c1)CC[C@H](NCc1nonc1C)C2. The Labute approximate surface area is 118 Å². The smallest absolute Gasteiger partial charge is 0.121 e. The number of ether oxygens (including phenoxy) is 1. The number of nitrogens with one attached hydrogen (secondary N) is 1. The summed E-state index contributed by atoms with van der Waals surface area (Å²) in [7, 11) is 1.71. The van der Waals surface area contributed by atoms with E-state index in [0.717, 1.165) is 36.4 Å². The fourth-order valence-electron chi connectivity index (χ4n) is 2.68. The highest BCUT2D eigenvalue weighted by atomic mass is 16.6. The molecule has 0 amide bonds. The van der Waals surface area contributed by atoms with Crippen LogP contribution in [0.25, 0.3) is 0 Å². The molecular formula is C15H19N3O2. The lowest BCUT2D eigenvalue weighted by Crippen LogP contribution is -2.34. The molecular weight excluding hydrogens is 254 g/mol. The van der Waals surface area contributed by atoms with E-state index in [2.05, 4.69) is 27.8 Å². The van der Waals surface area contributed by atoms with Gasteiger partial charge in [0, 0.05) is 12.6 Å².